The van der Waals surface area contributed by atoms with Crippen molar-refractivity contribution in [2.24, 2.45) is 0 Å². The first kappa shape index (κ1) is 18.9. The van der Waals surface area contributed by atoms with Gasteiger partial charge in [0.25, 0.3) is 0 Å². The molecule has 0 unspecified atom stereocenters. The third kappa shape index (κ3) is 4.09. The maximum Gasteiger partial charge on any atom is 0.147 e. The van der Waals surface area contributed by atoms with Crippen molar-refractivity contribution in [1.29, 1.82) is 0 Å². The fourth-order valence-corrected chi connectivity index (χ4v) is 4.28. The van der Waals surface area contributed by atoms with Crippen LogP contribution in [0.2, 0.25) is 5.15 Å². The Morgan fingerprint density at radius 3 is 2.43 bits per heavy atom. The summed E-state index contributed by atoms with van der Waals surface area (Å²) >= 11 is 5.80. The average molecular weight is 419 g/mol. The maximum atomic E-state index is 5.80. The standard InChI is InChI=1S/C23H23ClN6/c24-21-14-27-23(15-25-21)29-18-8-7-17(12-18)28-22-10-9-19(13-26-22)30-11-3-5-16-4-1-2-6-20(16)30/h1-6,9-10,13-15,17-18H,7-8,11-12H2,(H,26,28)(H,27,29)/t17-,18-/m0/s1. The SMILES string of the molecule is Clc1cnc(N[C@H]2CC[C@H](Nc3ccc(N4CC=Cc5ccccc54)cn3)C2)cn1. The van der Waals surface area contributed by atoms with Crippen LogP contribution >= 0.6 is 11.6 Å². The van der Waals surface area contributed by atoms with Crippen molar-refractivity contribution in [2.45, 2.75) is 31.3 Å². The van der Waals surface area contributed by atoms with Crippen LogP contribution in [0.3, 0.4) is 0 Å². The number of fused-ring (bicyclic) bond motifs is 1. The van der Waals surface area contributed by atoms with Crippen LogP contribution in [0, 0.1) is 0 Å². The minimum atomic E-state index is 0.369. The Morgan fingerprint density at radius 1 is 0.867 bits per heavy atom. The van der Waals surface area contributed by atoms with Crippen LogP contribution < -0.4 is 15.5 Å². The highest BCUT2D eigenvalue weighted by Gasteiger charge is 2.25. The van der Waals surface area contributed by atoms with E-state index in [4.69, 9.17) is 11.6 Å². The summed E-state index contributed by atoms with van der Waals surface area (Å²) in [6.45, 7) is 0.856. The fourth-order valence-electron chi connectivity index (χ4n) is 4.18. The van der Waals surface area contributed by atoms with Crippen LogP contribution in [-0.2, 0) is 0 Å². The predicted octanol–water partition coefficient (Wildman–Crippen LogP) is 5.14. The molecule has 0 amide bonds. The van der Waals surface area contributed by atoms with Gasteiger partial charge in [0, 0.05) is 24.3 Å². The average Bonchev–Trinajstić information content (AvgIpc) is 3.22. The molecular weight excluding hydrogens is 396 g/mol. The lowest BCUT2D eigenvalue weighted by Gasteiger charge is -2.28. The third-order valence-corrected chi connectivity index (χ3v) is 5.82. The topological polar surface area (TPSA) is 66.0 Å². The number of hydrogen-bond acceptors (Lipinski definition) is 6. The number of benzene rings is 1. The van der Waals surface area contributed by atoms with E-state index in [2.05, 4.69) is 79.0 Å². The van der Waals surface area contributed by atoms with Crippen LogP contribution in [0.1, 0.15) is 24.8 Å². The van der Waals surface area contributed by atoms with E-state index in [9.17, 15) is 0 Å². The molecule has 0 radical (unpaired) electrons. The van der Waals surface area contributed by atoms with E-state index < -0.39 is 0 Å². The van der Waals surface area contributed by atoms with E-state index in [1.165, 1.54) is 11.3 Å². The first-order valence-corrected chi connectivity index (χ1v) is 10.6. The van der Waals surface area contributed by atoms with Crippen molar-refractivity contribution in [1.82, 2.24) is 15.0 Å². The van der Waals surface area contributed by atoms with Crippen molar-refractivity contribution < 1.29 is 0 Å². The highest BCUT2D eigenvalue weighted by atomic mass is 35.5. The molecule has 5 rings (SSSR count). The molecule has 0 bridgehead atoms. The highest BCUT2D eigenvalue weighted by molar-refractivity contribution is 6.29. The Balaban J connectivity index is 1.20. The molecule has 152 valence electrons. The number of pyridine rings is 1. The van der Waals surface area contributed by atoms with Gasteiger partial charge in [-0.2, -0.15) is 0 Å². The Labute approximate surface area is 181 Å². The zero-order valence-corrected chi connectivity index (χ0v) is 17.3. The molecule has 1 aromatic carbocycles. The molecule has 3 aromatic rings. The Morgan fingerprint density at radius 2 is 1.67 bits per heavy atom. The monoisotopic (exact) mass is 418 g/mol. The fraction of sp³-hybridized carbons (Fsp3) is 0.261. The van der Waals surface area contributed by atoms with E-state index in [-0.39, 0.29) is 0 Å². The molecule has 3 heterocycles. The van der Waals surface area contributed by atoms with Crippen molar-refractivity contribution in [3.05, 3.63) is 71.8 Å². The summed E-state index contributed by atoms with van der Waals surface area (Å²) in [6, 6.07) is 13.4. The minimum Gasteiger partial charge on any atom is -0.367 e. The smallest absolute Gasteiger partial charge is 0.147 e. The van der Waals surface area contributed by atoms with Gasteiger partial charge in [-0.25, -0.2) is 15.0 Å². The number of halogens is 1. The van der Waals surface area contributed by atoms with Gasteiger partial charge in [-0.3, -0.25) is 0 Å². The van der Waals surface area contributed by atoms with Gasteiger partial charge in [0.05, 0.1) is 24.3 Å². The van der Waals surface area contributed by atoms with Gasteiger partial charge in [-0.05, 0) is 43.0 Å². The van der Waals surface area contributed by atoms with Gasteiger partial charge in [-0.15, -0.1) is 0 Å². The summed E-state index contributed by atoms with van der Waals surface area (Å²) < 4.78 is 0. The van der Waals surface area contributed by atoms with E-state index in [0.29, 0.717) is 17.2 Å². The minimum absolute atomic E-state index is 0.369. The first-order valence-electron chi connectivity index (χ1n) is 10.2. The zero-order chi connectivity index (χ0) is 20.3. The highest BCUT2D eigenvalue weighted by Crippen LogP contribution is 2.32. The zero-order valence-electron chi connectivity index (χ0n) is 16.5. The number of para-hydroxylation sites is 1. The Hall–Kier alpha value is -3.12. The summed E-state index contributed by atoms with van der Waals surface area (Å²) in [5.41, 5.74) is 3.56. The lowest BCUT2D eigenvalue weighted by molar-refractivity contribution is 0.719. The summed E-state index contributed by atoms with van der Waals surface area (Å²) in [5.74, 6) is 1.68. The van der Waals surface area contributed by atoms with Crippen molar-refractivity contribution >= 4 is 40.7 Å². The molecule has 1 saturated carbocycles. The van der Waals surface area contributed by atoms with Crippen LogP contribution in [-0.4, -0.2) is 33.6 Å². The van der Waals surface area contributed by atoms with Crippen LogP contribution in [0.4, 0.5) is 23.0 Å². The van der Waals surface area contributed by atoms with Gasteiger partial charge in [0.15, 0.2) is 0 Å². The molecule has 0 spiro atoms. The van der Waals surface area contributed by atoms with Gasteiger partial charge in [-0.1, -0.05) is 42.0 Å². The number of nitrogens with one attached hydrogen (secondary N) is 2. The number of aromatic nitrogens is 3. The molecule has 2 N–H and O–H groups in total. The maximum absolute atomic E-state index is 5.80. The van der Waals surface area contributed by atoms with Crippen molar-refractivity contribution in [3.8, 4) is 0 Å². The lowest BCUT2D eigenvalue weighted by Crippen LogP contribution is -2.22. The summed E-state index contributed by atoms with van der Waals surface area (Å²) in [5, 5.41) is 7.42. The van der Waals surface area contributed by atoms with Crippen LogP contribution in [0.15, 0.2) is 61.1 Å². The predicted molar refractivity (Wildman–Crippen MR) is 122 cm³/mol. The molecule has 1 aliphatic heterocycles. The molecule has 7 heteroatoms. The Kier molecular flexibility index (Phi) is 5.24. The molecule has 1 fully saturated rings. The molecule has 2 atom stereocenters. The summed E-state index contributed by atoms with van der Waals surface area (Å²) in [4.78, 5) is 15.3. The van der Waals surface area contributed by atoms with Gasteiger partial charge in [0.1, 0.15) is 16.8 Å². The molecule has 6 nitrogen and oxygen atoms in total. The van der Waals surface area contributed by atoms with E-state index in [1.54, 1.807) is 12.4 Å². The molecule has 0 saturated heterocycles. The van der Waals surface area contributed by atoms with Gasteiger partial charge < -0.3 is 15.5 Å². The van der Waals surface area contributed by atoms with E-state index in [0.717, 1.165) is 43.1 Å². The van der Waals surface area contributed by atoms with Crippen molar-refractivity contribution in [3.63, 3.8) is 0 Å². The number of anilines is 4. The molecule has 2 aliphatic rings. The molecule has 1 aliphatic carbocycles. The Bertz CT molecular complexity index is 1030. The second-order valence-corrected chi connectivity index (χ2v) is 8.08. The van der Waals surface area contributed by atoms with E-state index in [1.807, 2.05) is 6.20 Å². The second kappa shape index (κ2) is 8.32. The molecular formula is C23H23ClN6. The van der Waals surface area contributed by atoms with Crippen LogP contribution in [0.25, 0.3) is 6.08 Å². The van der Waals surface area contributed by atoms with Crippen LogP contribution in [0.5, 0.6) is 0 Å². The quantitative estimate of drug-likeness (QED) is 0.598. The van der Waals surface area contributed by atoms with Gasteiger partial charge in [0.2, 0.25) is 0 Å². The van der Waals surface area contributed by atoms with E-state index >= 15 is 0 Å². The largest absolute Gasteiger partial charge is 0.367 e. The summed E-state index contributed by atoms with van der Waals surface area (Å²) in [7, 11) is 0. The number of hydrogen-bond donors (Lipinski definition) is 2. The first-order chi connectivity index (χ1) is 14.7. The second-order valence-electron chi connectivity index (χ2n) is 7.69. The lowest BCUT2D eigenvalue weighted by atomic mass is 10.1. The third-order valence-electron chi connectivity index (χ3n) is 5.63. The number of nitrogens with zero attached hydrogens (tertiary/aromatic N) is 4. The van der Waals surface area contributed by atoms with Gasteiger partial charge >= 0.3 is 0 Å². The normalized spacial score (nSPS) is 20.1. The van der Waals surface area contributed by atoms with Crippen molar-refractivity contribution in [2.75, 3.05) is 22.1 Å². The molecule has 30 heavy (non-hydrogen) atoms. The summed E-state index contributed by atoms with van der Waals surface area (Å²) in [6.07, 6.45) is 12.7. The number of rotatable bonds is 5. The molecule has 2 aromatic heterocycles.